The van der Waals surface area contributed by atoms with Crippen LogP contribution in [-0.2, 0) is 0 Å². The second-order valence-corrected chi connectivity index (χ2v) is 5.14. The highest BCUT2D eigenvalue weighted by atomic mass is 16.5. The molecule has 0 amide bonds. The topological polar surface area (TPSA) is 34.1 Å². The maximum absolute atomic E-state index is 5.78. The molecule has 1 heterocycles. The van der Waals surface area contributed by atoms with E-state index in [1.807, 2.05) is 66.7 Å². The van der Waals surface area contributed by atoms with Crippen molar-refractivity contribution in [3.8, 4) is 11.5 Å². The number of hydrogen-bond donors (Lipinski definition) is 1. The van der Waals surface area contributed by atoms with Crippen molar-refractivity contribution in [2.24, 2.45) is 0 Å². The number of nitrogens with one attached hydrogen (secondary N) is 1. The van der Waals surface area contributed by atoms with Gasteiger partial charge in [-0.25, -0.2) is 4.98 Å². The highest BCUT2D eigenvalue weighted by Crippen LogP contribution is 2.24. The number of pyridine rings is 1. The number of nitrogens with zero attached hydrogens (tertiary/aromatic N) is 1. The first-order chi connectivity index (χ1) is 11.8. The first kappa shape index (κ1) is 15.6. The van der Waals surface area contributed by atoms with Crippen molar-refractivity contribution in [2.75, 3.05) is 5.32 Å². The Morgan fingerprint density at radius 3 is 2.17 bits per heavy atom. The first-order valence-electron chi connectivity index (χ1n) is 7.64. The minimum atomic E-state index is 0.757. The molecule has 0 aliphatic carbocycles. The number of aromatic nitrogens is 1. The molecule has 3 heteroatoms. The van der Waals surface area contributed by atoms with Gasteiger partial charge in [0.25, 0.3) is 0 Å². The summed E-state index contributed by atoms with van der Waals surface area (Å²) < 4.78 is 5.78. The summed E-state index contributed by atoms with van der Waals surface area (Å²) in [4.78, 5) is 4.52. The number of para-hydroxylation sites is 1. The second-order valence-electron chi connectivity index (χ2n) is 5.14. The summed E-state index contributed by atoms with van der Waals surface area (Å²) in [5.74, 6) is 2.36. The Hall–Kier alpha value is -3.33. The molecule has 0 radical (unpaired) electrons. The minimum Gasteiger partial charge on any atom is -0.457 e. The van der Waals surface area contributed by atoms with Crippen LogP contribution in [-0.4, -0.2) is 4.98 Å². The fourth-order valence-electron chi connectivity index (χ4n) is 2.27. The molecular weight excluding hydrogens is 296 g/mol. The molecule has 1 aromatic heterocycles. The lowest BCUT2D eigenvalue weighted by Gasteiger charge is -2.10. The molecule has 2 aromatic carbocycles. The van der Waals surface area contributed by atoms with Gasteiger partial charge in [-0.2, -0.15) is 0 Å². The predicted octanol–water partition coefficient (Wildman–Crippen LogP) is 5.90. The monoisotopic (exact) mass is 314 g/mol. The van der Waals surface area contributed by atoms with Gasteiger partial charge >= 0.3 is 0 Å². The average Bonchev–Trinajstić information content (AvgIpc) is 2.64. The molecular formula is C21H18N2O. The number of ether oxygens (including phenoxy) is 1. The van der Waals surface area contributed by atoms with Crippen LogP contribution >= 0.6 is 0 Å². The highest BCUT2D eigenvalue weighted by molar-refractivity contribution is 5.65. The standard InChI is InChI=1S/C21H18N2O/c1-3-16-10-15-21(23-20(16)4-2)22-17-11-13-19(14-12-17)24-18-8-6-5-7-9-18/h3-15H,1-2H2,(H,22,23). The van der Waals surface area contributed by atoms with Crippen LogP contribution in [0.3, 0.4) is 0 Å². The molecule has 0 bridgehead atoms. The Morgan fingerprint density at radius 2 is 1.50 bits per heavy atom. The summed E-state index contributed by atoms with van der Waals surface area (Å²) in [6.45, 7) is 7.56. The van der Waals surface area contributed by atoms with Crippen molar-refractivity contribution >= 4 is 23.7 Å². The average molecular weight is 314 g/mol. The maximum atomic E-state index is 5.78. The highest BCUT2D eigenvalue weighted by Gasteiger charge is 2.02. The Labute approximate surface area is 142 Å². The number of rotatable bonds is 6. The molecule has 0 saturated heterocycles. The predicted molar refractivity (Wildman–Crippen MR) is 101 cm³/mol. The van der Waals surface area contributed by atoms with Gasteiger partial charge in [0.1, 0.15) is 17.3 Å². The largest absolute Gasteiger partial charge is 0.457 e. The lowest BCUT2D eigenvalue weighted by Crippen LogP contribution is -1.96. The minimum absolute atomic E-state index is 0.757. The zero-order valence-corrected chi connectivity index (χ0v) is 13.3. The molecule has 3 rings (SSSR count). The van der Waals surface area contributed by atoms with Crippen LogP contribution in [0.15, 0.2) is 79.9 Å². The maximum Gasteiger partial charge on any atom is 0.131 e. The Balaban J connectivity index is 1.72. The van der Waals surface area contributed by atoms with Gasteiger partial charge < -0.3 is 10.1 Å². The van der Waals surface area contributed by atoms with Crippen LogP contribution < -0.4 is 10.1 Å². The van der Waals surface area contributed by atoms with E-state index in [-0.39, 0.29) is 0 Å². The first-order valence-corrected chi connectivity index (χ1v) is 7.64. The summed E-state index contributed by atoms with van der Waals surface area (Å²) in [7, 11) is 0. The van der Waals surface area contributed by atoms with Crippen molar-refractivity contribution in [3.63, 3.8) is 0 Å². The number of anilines is 2. The Morgan fingerprint density at radius 1 is 0.792 bits per heavy atom. The molecule has 1 N–H and O–H groups in total. The number of hydrogen-bond acceptors (Lipinski definition) is 3. The van der Waals surface area contributed by atoms with Crippen LogP contribution in [0.2, 0.25) is 0 Å². The third-order valence-electron chi connectivity index (χ3n) is 3.48. The van der Waals surface area contributed by atoms with Gasteiger partial charge in [0, 0.05) is 5.69 Å². The molecule has 0 atom stereocenters. The van der Waals surface area contributed by atoms with E-state index in [0.717, 1.165) is 34.3 Å². The van der Waals surface area contributed by atoms with Crippen LogP contribution in [0, 0.1) is 0 Å². The molecule has 0 aliphatic rings. The van der Waals surface area contributed by atoms with Crippen molar-refractivity contribution < 1.29 is 4.74 Å². The molecule has 0 fully saturated rings. The molecule has 24 heavy (non-hydrogen) atoms. The van der Waals surface area contributed by atoms with E-state index in [2.05, 4.69) is 23.5 Å². The third-order valence-corrected chi connectivity index (χ3v) is 3.48. The van der Waals surface area contributed by atoms with Gasteiger partial charge in [-0.3, -0.25) is 0 Å². The lowest BCUT2D eigenvalue weighted by atomic mass is 10.2. The van der Waals surface area contributed by atoms with Crippen LogP contribution in [0.4, 0.5) is 11.5 Å². The molecule has 0 saturated carbocycles. The molecule has 118 valence electrons. The van der Waals surface area contributed by atoms with Crippen molar-refractivity contribution in [2.45, 2.75) is 0 Å². The SMILES string of the molecule is C=Cc1ccc(Nc2ccc(Oc3ccccc3)cc2)nc1C=C. The third kappa shape index (κ3) is 3.70. The Kier molecular flexibility index (Phi) is 4.73. The van der Waals surface area contributed by atoms with E-state index in [0.29, 0.717) is 0 Å². The van der Waals surface area contributed by atoms with Crippen LogP contribution in [0.5, 0.6) is 11.5 Å². The summed E-state index contributed by atoms with van der Waals surface area (Å²) in [5, 5.41) is 3.27. The molecule has 0 spiro atoms. The molecule has 0 aliphatic heterocycles. The van der Waals surface area contributed by atoms with Crippen LogP contribution in [0.1, 0.15) is 11.3 Å². The summed E-state index contributed by atoms with van der Waals surface area (Å²) >= 11 is 0. The van der Waals surface area contributed by atoms with E-state index in [1.54, 1.807) is 12.2 Å². The second kappa shape index (κ2) is 7.29. The zero-order chi connectivity index (χ0) is 16.8. The number of benzene rings is 2. The lowest BCUT2D eigenvalue weighted by molar-refractivity contribution is 0.483. The summed E-state index contributed by atoms with van der Waals surface area (Å²) in [6.07, 6.45) is 3.49. The zero-order valence-electron chi connectivity index (χ0n) is 13.3. The molecule has 0 unspecified atom stereocenters. The van der Waals surface area contributed by atoms with Gasteiger partial charge in [0.15, 0.2) is 0 Å². The normalized spacial score (nSPS) is 10.0. The quantitative estimate of drug-likeness (QED) is 0.614. The van der Waals surface area contributed by atoms with E-state index < -0.39 is 0 Å². The van der Waals surface area contributed by atoms with Crippen molar-refractivity contribution in [1.29, 1.82) is 0 Å². The van der Waals surface area contributed by atoms with Gasteiger partial charge in [-0.15, -0.1) is 0 Å². The van der Waals surface area contributed by atoms with Gasteiger partial charge in [0.05, 0.1) is 5.69 Å². The Bertz CT molecular complexity index is 839. The fourth-order valence-corrected chi connectivity index (χ4v) is 2.27. The van der Waals surface area contributed by atoms with Gasteiger partial charge in [0.2, 0.25) is 0 Å². The van der Waals surface area contributed by atoms with Crippen molar-refractivity contribution in [3.05, 3.63) is 91.1 Å². The fraction of sp³-hybridized carbons (Fsp3) is 0. The van der Waals surface area contributed by atoms with Gasteiger partial charge in [-0.1, -0.05) is 37.4 Å². The van der Waals surface area contributed by atoms with Crippen LogP contribution in [0.25, 0.3) is 12.2 Å². The smallest absolute Gasteiger partial charge is 0.131 e. The summed E-state index contributed by atoms with van der Waals surface area (Å²) in [6, 6.07) is 21.3. The van der Waals surface area contributed by atoms with E-state index in [9.17, 15) is 0 Å². The van der Waals surface area contributed by atoms with E-state index in [1.165, 1.54) is 0 Å². The van der Waals surface area contributed by atoms with Crippen molar-refractivity contribution in [1.82, 2.24) is 4.98 Å². The summed E-state index contributed by atoms with van der Waals surface area (Å²) in [5.41, 5.74) is 2.70. The van der Waals surface area contributed by atoms with E-state index >= 15 is 0 Å². The molecule has 3 aromatic rings. The van der Waals surface area contributed by atoms with Gasteiger partial charge in [-0.05, 0) is 60.2 Å². The van der Waals surface area contributed by atoms with E-state index in [4.69, 9.17) is 4.74 Å². The molecule has 3 nitrogen and oxygen atoms in total.